The zero-order valence-electron chi connectivity index (χ0n) is 9.80. The highest BCUT2D eigenvalue weighted by Crippen LogP contribution is 2.30. The normalized spacial score (nSPS) is 15.1. The zero-order chi connectivity index (χ0) is 12.4. The maximum atomic E-state index is 11.8. The van der Waals surface area contributed by atoms with E-state index >= 15 is 0 Å². The molecule has 3 rings (SSSR count). The van der Waals surface area contributed by atoms with Crippen molar-refractivity contribution in [3.8, 4) is 10.6 Å². The minimum Gasteiger partial charge on any atom is -0.300 e. The summed E-state index contributed by atoms with van der Waals surface area (Å²) in [5.74, 6) is 0.256. The minimum atomic E-state index is 0.0806. The molecule has 1 amide bonds. The first-order chi connectivity index (χ1) is 8.83. The van der Waals surface area contributed by atoms with Gasteiger partial charge in [-0.15, -0.1) is 10.2 Å². The van der Waals surface area contributed by atoms with Crippen LogP contribution >= 0.6 is 11.3 Å². The number of aromatic nitrogens is 2. The smallest absolute Gasteiger partial charge is 0.229 e. The largest absolute Gasteiger partial charge is 0.300 e. The molecule has 5 heteroatoms. The van der Waals surface area contributed by atoms with E-state index in [0.717, 1.165) is 29.8 Å². The number of nitrogens with one attached hydrogen (secondary N) is 1. The number of hydrogen-bond donors (Lipinski definition) is 1. The highest BCUT2D eigenvalue weighted by Gasteiger charge is 2.25. The number of benzene rings is 1. The number of hydrogen-bond acceptors (Lipinski definition) is 4. The molecule has 1 aromatic heterocycles. The van der Waals surface area contributed by atoms with Crippen LogP contribution in [0.5, 0.6) is 0 Å². The molecule has 1 fully saturated rings. The van der Waals surface area contributed by atoms with Crippen molar-refractivity contribution in [2.24, 2.45) is 5.92 Å². The van der Waals surface area contributed by atoms with Crippen LogP contribution < -0.4 is 5.32 Å². The van der Waals surface area contributed by atoms with Gasteiger partial charge < -0.3 is 5.32 Å². The average Bonchev–Trinajstić information content (AvgIpc) is 2.76. The van der Waals surface area contributed by atoms with Crippen LogP contribution in [0.15, 0.2) is 30.3 Å². The number of nitrogens with zero attached hydrogens (tertiary/aromatic N) is 2. The van der Waals surface area contributed by atoms with Crippen molar-refractivity contribution >= 4 is 22.4 Å². The minimum absolute atomic E-state index is 0.0806. The summed E-state index contributed by atoms with van der Waals surface area (Å²) in [6.07, 6.45) is 3.15. The predicted octanol–water partition coefficient (Wildman–Crippen LogP) is 2.94. The number of carbonyl (C=O) groups is 1. The van der Waals surface area contributed by atoms with Gasteiger partial charge in [0.15, 0.2) is 0 Å². The standard InChI is InChI=1S/C13H13N3OS/c17-11(9-7-4-8-9)14-13-16-15-12(18-13)10-5-2-1-3-6-10/h1-3,5-6,9H,4,7-8H2,(H,14,16,17). The van der Waals surface area contributed by atoms with Crippen LogP contribution in [0.4, 0.5) is 5.13 Å². The fourth-order valence-corrected chi connectivity index (χ4v) is 2.60. The molecule has 0 aliphatic heterocycles. The van der Waals surface area contributed by atoms with Gasteiger partial charge in [0, 0.05) is 11.5 Å². The maximum absolute atomic E-state index is 11.8. The summed E-state index contributed by atoms with van der Waals surface area (Å²) in [5.41, 5.74) is 1.03. The zero-order valence-corrected chi connectivity index (χ0v) is 10.6. The van der Waals surface area contributed by atoms with E-state index in [1.807, 2.05) is 30.3 Å². The van der Waals surface area contributed by atoms with Gasteiger partial charge in [0.2, 0.25) is 11.0 Å². The van der Waals surface area contributed by atoms with E-state index in [1.54, 1.807) is 0 Å². The summed E-state index contributed by atoms with van der Waals surface area (Å²) in [7, 11) is 0. The third kappa shape index (κ3) is 2.26. The highest BCUT2D eigenvalue weighted by atomic mass is 32.1. The van der Waals surface area contributed by atoms with Crippen LogP contribution in [0, 0.1) is 5.92 Å². The lowest BCUT2D eigenvalue weighted by Crippen LogP contribution is -2.27. The molecule has 92 valence electrons. The van der Waals surface area contributed by atoms with E-state index in [2.05, 4.69) is 15.5 Å². The van der Waals surface area contributed by atoms with Gasteiger partial charge in [-0.05, 0) is 12.8 Å². The molecule has 0 saturated heterocycles. The first-order valence-electron chi connectivity index (χ1n) is 6.03. The van der Waals surface area contributed by atoms with Crippen molar-refractivity contribution in [3.63, 3.8) is 0 Å². The molecule has 1 N–H and O–H groups in total. The van der Waals surface area contributed by atoms with Gasteiger partial charge in [-0.2, -0.15) is 0 Å². The predicted molar refractivity (Wildman–Crippen MR) is 71.3 cm³/mol. The topological polar surface area (TPSA) is 54.9 Å². The van der Waals surface area contributed by atoms with E-state index in [1.165, 1.54) is 11.3 Å². The molecule has 0 unspecified atom stereocenters. The van der Waals surface area contributed by atoms with Crippen molar-refractivity contribution in [1.82, 2.24) is 10.2 Å². The van der Waals surface area contributed by atoms with E-state index in [4.69, 9.17) is 0 Å². The Morgan fingerprint density at radius 1 is 1.22 bits per heavy atom. The molecule has 1 aliphatic rings. The van der Waals surface area contributed by atoms with Crippen LogP contribution in [-0.4, -0.2) is 16.1 Å². The Morgan fingerprint density at radius 3 is 2.67 bits per heavy atom. The SMILES string of the molecule is O=C(Nc1nnc(-c2ccccc2)s1)C1CCC1. The fourth-order valence-electron chi connectivity index (χ4n) is 1.85. The van der Waals surface area contributed by atoms with Crippen molar-refractivity contribution < 1.29 is 4.79 Å². The maximum Gasteiger partial charge on any atom is 0.229 e. The van der Waals surface area contributed by atoms with E-state index < -0.39 is 0 Å². The first kappa shape index (κ1) is 11.3. The molecule has 2 aromatic rings. The van der Waals surface area contributed by atoms with E-state index in [-0.39, 0.29) is 11.8 Å². The summed E-state index contributed by atoms with van der Waals surface area (Å²) in [6.45, 7) is 0. The quantitative estimate of drug-likeness (QED) is 0.922. The van der Waals surface area contributed by atoms with Crippen LogP contribution in [-0.2, 0) is 4.79 Å². The second-order valence-electron chi connectivity index (χ2n) is 4.40. The Bertz CT molecular complexity index is 548. The van der Waals surface area contributed by atoms with Crippen LogP contribution in [0.1, 0.15) is 19.3 Å². The Kier molecular flexibility index (Phi) is 3.06. The number of anilines is 1. The Labute approximate surface area is 109 Å². The number of carbonyl (C=O) groups excluding carboxylic acids is 1. The van der Waals surface area contributed by atoms with E-state index in [0.29, 0.717) is 5.13 Å². The Balaban J connectivity index is 1.71. The molecular formula is C13H13N3OS. The molecule has 0 bridgehead atoms. The van der Waals surface area contributed by atoms with Crippen molar-refractivity contribution in [1.29, 1.82) is 0 Å². The van der Waals surface area contributed by atoms with Crippen LogP contribution in [0.3, 0.4) is 0 Å². The fraction of sp³-hybridized carbons (Fsp3) is 0.308. The monoisotopic (exact) mass is 259 g/mol. The summed E-state index contributed by atoms with van der Waals surface area (Å²) in [5, 5.41) is 12.4. The number of amides is 1. The van der Waals surface area contributed by atoms with Gasteiger partial charge in [0.1, 0.15) is 5.01 Å². The average molecular weight is 259 g/mol. The highest BCUT2D eigenvalue weighted by molar-refractivity contribution is 7.18. The summed E-state index contributed by atoms with van der Waals surface area (Å²) >= 11 is 1.41. The van der Waals surface area contributed by atoms with Gasteiger partial charge in [-0.3, -0.25) is 4.79 Å². The second kappa shape index (κ2) is 4.86. The summed E-state index contributed by atoms with van der Waals surface area (Å²) in [6, 6.07) is 9.85. The lowest BCUT2D eigenvalue weighted by molar-refractivity contribution is -0.122. The summed E-state index contributed by atoms with van der Waals surface area (Å²) in [4.78, 5) is 11.8. The third-order valence-corrected chi connectivity index (χ3v) is 4.04. The molecule has 4 nitrogen and oxygen atoms in total. The van der Waals surface area contributed by atoms with Crippen LogP contribution in [0.2, 0.25) is 0 Å². The lowest BCUT2D eigenvalue weighted by atomic mass is 9.85. The van der Waals surface area contributed by atoms with Crippen LogP contribution in [0.25, 0.3) is 10.6 Å². The molecule has 1 saturated carbocycles. The molecule has 0 atom stereocenters. The first-order valence-corrected chi connectivity index (χ1v) is 6.84. The Hall–Kier alpha value is -1.75. The van der Waals surface area contributed by atoms with Crippen molar-refractivity contribution in [3.05, 3.63) is 30.3 Å². The molecule has 0 radical (unpaired) electrons. The van der Waals surface area contributed by atoms with E-state index in [9.17, 15) is 4.79 Å². The van der Waals surface area contributed by atoms with Gasteiger partial charge in [-0.25, -0.2) is 0 Å². The molecular weight excluding hydrogens is 246 g/mol. The van der Waals surface area contributed by atoms with Gasteiger partial charge in [0.25, 0.3) is 0 Å². The van der Waals surface area contributed by atoms with Gasteiger partial charge in [0.05, 0.1) is 0 Å². The lowest BCUT2D eigenvalue weighted by Gasteiger charge is -2.23. The second-order valence-corrected chi connectivity index (χ2v) is 5.37. The molecule has 18 heavy (non-hydrogen) atoms. The van der Waals surface area contributed by atoms with Crippen molar-refractivity contribution in [2.45, 2.75) is 19.3 Å². The Morgan fingerprint density at radius 2 is 2.00 bits per heavy atom. The van der Waals surface area contributed by atoms with Gasteiger partial charge >= 0.3 is 0 Å². The van der Waals surface area contributed by atoms with Crippen molar-refractivity contribution in [2.75, 3.05) is 5.32 Å². The number of rotatable bonds is 3. The summed E-state index contributed by atoms with van der Waals surface area (Å²) < 4.78 is 0. The molecule has 0 spiro atoms. The molecule has 1 aliphatic carbocycles. The molecule has 1 aromatic carbocycles. The molecule has 1 heterocycles. The van der Waals surface area contributed by atoms with Gasteiger partial charge in [-0.1, -0.05) is 48.1 Å². The third-order valence-electron chi connectivity index (χ3n) is 3.15.